The van der Waals surface area contributed by atoms with Crippen LogP contribution in [0.1, 0.15) is 177 Å². The molecular formula is C91H149NO44. The normalized spacial score (nSPS) is 50.8. The number of nitrogens with one attached hydrogen (secondary N) is 1. The SMILES string of the molecule is CC1O[C@@H](O[C@@H]2C(O[C@@H]3OC(C)[C@H](O)[C@H](O)C3O)[C@@H](NC(=O)CCCCCCCCCCCO[C@@H]3O[C@@H](CO)[C@@H](O)C3O)C(CO)O[C@H]2OC(=O)[C@]23CCC(C)(C)CC2C2=CCC4C5(C)CC[C@H](O[C@@H]6OC[C@@H](O)[C@H](O[C@@H]7OC[C@@H](O)[C@H](O)C7O)C6O[C@@H]6OC(CO)[C@H](O)[C@H](O)C6O)[C@](C)(C=O)[C@@H]5CC[C@]4(C)[C@]2(C)CC3O)[C@@H](O)C(O)[C@H]1O[C@@H]1OC[C@@H](O)C(O[C@@H]2OC[C@](O)(CO)C2O)[C@H]1O. The van der Waals surface area contributed by atoms with Gasteiger partial charge in [0.2, 0.25) is 12.2 Å². The summed E-state index contributed by atoms with van der Waals surface area (Å²) >= 11 is 0. The minimum atomic E-state index is -2.23. The maximum Gasteiger partial charge on any atom is 0.317 e. The van der Waals surface area contributed by atoms with E-state index in [-0.39, 0.29) is 38.2 Å². The number of rotatable bonds is 35. The van der Waals surface area contributed by atoms with E-state index in [1.807, 2.05) is 0 Å². The largest absolute Gasteiger partial charge is 0.432 e. The van der Waals surface area contributed by atoms with Gasteiger partial charge in [-0.05, 0) is 124 Å². The maximum absolute atomic E-state index is 16.7. The third-order valence-corrected chi connectivity index (χ3v) is 33.0. The van der Waals surface area contributed by atoms with Crippen molar-refractivity contribution in [2.75, 3.05) is 59.5 Å². The third kappa shape index (κ3) is 21.0. The van der Waals surface area contributed by atoms with Crippen molar-refractivity contribution < 1.29 is 217 Å². The van der Waals surface area contributed by atoms with Gasteiger partial charge in [0.05, 0.1) is 88.7 Å². The van der Waals surface area contributed by atoms with Gasteiger partial charge in [0.25, 0.3) is 0 Å². The minimum absolute atomic E-state index is 0.0115. The van der Waals surface area contributed by atoms with Crippen LogP contribution >= 0.6 is 0 Å². The Morgan fingerprint density at radius 1 is 0.456 bits per heavy atom. The summed E-state index contributed by atoms with van der Waals surface area (Å²) in [5, 5.41) is 258. The van der Waals surface area contributed by atoms with Crippen molar-refractivity contribution >= 4 is 18.2 Å². The van der Waals surface area contributed by atoms with Crippen LogP contribution < -0.4 is 5.32 Å². The van der Waals surface area contributed by atoms with E-state index in [1.165, 1.54) is 13.8 Å². The summed E-state index contributed by atoms with van der Waals surface area (Å²) in [5.41, 5.74) is -7.37. The molecule has 1 amide bonds. The van der Waals surface area contributed by atoms with Crippen LogP contribution in [-0.2, 0) is 99.6 Å². The number of carbonyl (C=O) groups is 3. The highest BCUT2D eigenvalue weighted by molar-refractivity contribution is 5.80. The predicted molar refractivity (Wildman–Crippen MR) is 454 cm³/mol. The second-order valence-corrected chi connectivity index (χ2v) is 42.2. The standard InChI is InChI=1S/C91H149NO44/c1-39-55(103)59(107)64(112)78(124-39)133-71-54(92-53(102)18-16-14-12-10-9-11-13-15-17-27-119-75-63(111)58(106)48(32-95)127-75)46(30-93)126-82(73(71)135-79-66(114)61(109)68(40(2)125-79)130-77-67(115)69(44(99)34-121-77)131-83-74(116)90(118,37-97)38-123-83)136-84(117)91-26-25-85(3,4)28-42(91)41-19-20-50-86(5)23-22-52(87(6,36-96)49(86)21-24-88(50,7)89(41,8)29-51(91)101)129-81-72(134-80-65(113)60(108)57(105)47(31-94)128-80)70(45(100)35-122-81)132-76-62(110)56(104)43(98)33-120-76/h19,36,39-40,42-52,54-83,93-95,97-101,103-116,118H,9-18,20-35,37-38H2,1-8H3,(H,92,102)/t39?,40?,42?,43-,44-,45-,46?,47?,48+,49-,50?,51?,52+,54+,55+,56+,57+,58-,59+,60+,61?,62?,63?,64?,65?,66+,67-,68+,69?,70+,71?,72?,73-,74?,75-,76+,77+,78+,79+,80+,81+,82+,83+,86?,87-,88+,89-,90-,91-/m1/s1. The zero-order chi connectivity index (χ0) is 98.7. The topological polar surface area (TPSA) is 695 Å². The maximum atomic E-state index is 16.7. The summed E-state index contributed by atoms with van der Waals surface area (Å²) in [6, 6.07) is -1.62. The molecule has 0 aromatic heterocycles. The van der Waals surface area contributed by atoms with Crippen molar-refractivity contribution in [3.8, 4) is 0 Å². The predicted octanol–water partition coefficient (Wildman–Crippen LogP) is -6.50. The van der Waals surface area contributed by atoms with Crippen LogP contribution in [0.15, 0.2) is 11.6 Å². The molecular weight excluding hydrogens is 1810 g/mol. The molecule has 4 saturated carbocycles. The van der Waals surface area contributed by atoms with E-state index < -0.39 is 360 Å². The number of esters is 1. The minimum Gasteiger partial charge on any atom is -0.432 e. The van der Waals surface area contributed by atoms with Gasteiger partial charge < -0.3 is 213 Å². The summed E-state index contributed by atoms with van der Waals surface area (Å²) in [6.45, 7) is 9.87. The summed E-state index contributed by atoms with van der Waals surface area (Å²) in [6.07, 6.45) is -54.5. The van der Waals surface area contributed by atoms with Crippen molar-refractivity contribution in [2.45, 2.75) is 429 Å². The Bertz CT molecular complexity index is 3920. The molecule has 9 heterocycles. The highest BCUT2D eigenvalue weighted by Gasteiger charge is 2.74. The highest BCUT2D eigenvalue weighted by Crippen LogP contribution is 2.76. The molecule has 17 unspecified atom stereocenters. The van der Waals surface area contributed by atoms with Gasteiger partial charge in [0.15, 0.2) is 56.4 Å². The number of carbonyl (C=O) groups excluding carboxylic acids is 3. The molecule has 136 heavy (non-hydrogen) atoms. The third-order valence-electron chi connectivity index (χ3n) is 33.0. The van der Waals surface area contributed by atoms with E-state index in [9.17, 15) is 127 Å². The van der Waals surface area contributed by atoms with Crippen LogP contribution in [0, 0.1) is 50.2 Å². The van der Waals surface area contributed by atoms with E-state index >= 15 is 4.79 Å². The van der Waals surface area contributed by atoms with Crippen molar-refractivity contribution in [1.82, 2.24) is 5.32 Å². The van der Waals surface area contributed by atoms with Gasteiger partial charge >= 0.3 is 5.97 Å². The van der Waals surface area contributed by atoms with Crippen LogP contribution in [-0.4, -0.2) is 446 Å². The van der Waals surface area contributed by atoms with Gasteiger partial charge in [-0.15, -0.1) is 0 Å². The Balaban J connectivity index is 0.728. The van der Waals surface area contributed by atoms with E-state index in [2.05, 4.69) is 46.0 Å². The molecule has 0 spiro atoms. The molecule has 0 aromatic carbocycles. The molecule has 14 aliphatic rings. The number of aliphatic hydroxyl groups is 23. The first-order valence-corrected chi connectivity index (χ1v) is 48.4. The number of fused-ring (bicyclic) bond motifs is 7. The number of aldehydes is 1. The molecule has 9 saturated heterocycles. The number of aliphatic hydroxyl groups excluding tert-OH is 22. The van der Waals surface area contributed by atoms with E-state index in [0.717, 1.165) is 50.4 Å². The van der Waals surface area contributed by atoms with Gasteiger partial charge in [0, 0.05) is 13.0 Å². The smallest absolute Gasteiger partial charge is 0.317 e. The monoisotopic (exact) mass is 1960 g/mol. The van der Waals surface area contributed by atoms with Gasteiger partial charge in [-0.25, -0.2) is 0 Å². The van der Waals surface area contributed by atoms with Crippen molar-refractivity contribution in [1.29, 1.82) is 0 Å². The zero-order valence-corrected chi connectivity index (χ0v) is 78.1. The van der Waals surface area contributed by atoms with Gasteiger partial charge in [-0.2, -0.15) is 0 Å². The molecule has 0 aromatic rings. The Kier molecular flexibility index (Phi) is 35.2. The first kappa shape index (κ1) is 108. The van der Waals surface area contributed by atoms with Crippen molar-refractivity contribution in [3.05, 3.63) is 11.6 Å². The Hall–Kier alpha value is -3.25. The van der Waals surface area contributed by atoms with Gasteiger partial charge in [0.1, 0.15) is 170 Å². The van der Waals surface area contributed by atoms with Crippen LogP contribution in [0.4, 0.5) is 0 Å². The lowest BCUT2D eigenvalue weighted by Crippen LogP contribution is -2.71. The lowest BCUT2D eigenvalue weighted by atomic mass is 9.33. The number of amides is 1. The quantitative estimate of drug-likeness (QED) is 0.00922. The summed E-state index contributed by atoms with van der Waals surface area (Å²) in [7, 11) is 0. The molecule has 0 bridgehead atoms. The average molecular weight is 1960 g/mol. The molecule has 45 nitrogen and oxygen atoms in total. The molecule has 45 heteroatoms. The number of ether oxygens (including phenoxy) is 18. The van der Waals surface area contributed by atoms with Crippen LogP contribution in [0.25, 0.3) is 0 Å². The molecule has 14 rings (SSSR count). The van der Waals surface area contributed by atoms with Gasteiger partial charge in [-0.3, -0.25) is 9.59 Å². The second-order valence-electron chi connectivity index (χ2n) is 42.2. The molecule has 9 aliphatic heterocycles. The van der Waals surface area contributed by atoms with Crippen molar-refractivity contribution in [2.24, 2.45) is 50.2 Å². The summed E-state index contributed by atoms with van der Waals surface area (Å²) in [5.74, 6) is -3.16. The van der Waals surface area contributed by atoms with Gasteiger partial charge in [-0.1, -0.05) is 98.1 Å². The number of hydrogen-bond acceptors (Lipinski definition) is 44. The average Bonchev–Trinajstić information content (AvgIpc) is 0.685. The number of hydrogen-bond donors (Lipinski definition) is 24. The Morgan fingerprint density at radius 2 is 0.971 bits per heavy atom. The summed E-state index contributed by atoms with van der Waals surface area (Å²) < 4.78 is 110. The number of allylic oxidation sites excluding steroid dienone is 2. The molecule has 49 atom stereocenters. The molecule has 0 radical (unpaired) electrons. The Labute approximate surface area is 787 Å². The zero-order valence-electron chi connectivity index (χ0n) is 78.1. The van der Waals surface area contributed by atoms with Crippen LogP contribution in [0.5, 0.6) is 0 Å². The first-order chi connectivity index (χ1) is 64.3. The molecule has 5 aliphatic carbocycles. The second kappa shape index (κ2) is 44.2. The lowest BCUT2D eigenvalue weighted by Gasteiger charge is -2.71. The van der Waals surface area contributed by atoms with Crippen LogP contribution in [0.3, 0.4) is 0 Å². The first-order valence-electron chi connectivity index (χ1n) is 48.4. The molecule has 24 N–H and O–H groups in total. The Morgan fingerprint density at radius 3 is 1.60 bits per heavy atom. The van der Waals surface area contributed by atoms with Crippen LogP contribution in [0.2, 0.25) is 0 Å². The highest BCUT2D eigenvalue weighted by atomic mass is 16.8. The molecule has 782 valence electrons. The van der Waals surface area contributed by atoms with E-state index in [0.29, 0.717) is 57.8 Å². The van der Waals surface area contributed by atoms with E-state index in [4.69, 9.17) is 85.3 Å². The summed E-state index contributed by atoms with van der Waals surface area (Å²) in [4.78, 5) is 45.8. The fourth-order valence-electron chi connectivity index (χ4n) is 24.5. The molecule has 13 fully saturated rings. The van der Waals surface area contributed by atoms with E-state index in [1.54, 1.807) is 6.92 Å². The van der Waals surface area contributed by atoms with Crippen molar-refractivity contribution in [3.63, 3.8) is 0 Å². The fourth-order valence-corrected chi connectivity index (χ4v) is 24.5. The number of unbranched alkanes of at least 4 members (excludes halogenated alkanes) is 8. The lowest BCUT2D eigenvalue weighted by molar-refractivity contribution is -0.386. The fraction of sp³-hybridized carbons (Fsp3) is 0.945.